The lowest BCUT2D eigenvalue weighted by Gasteiger charge is -2.34. The van der Waals surface area contributed by atoms with Gasteiger partial charge in [0, 0.05) is 19.4 Å². The molecule has 0 bridgehead atoms. The van der Waals surface area contributed by atoms with E-state index in [9.17, 15) is 37.1 Å². The number of rotatable bonds is 8. The van der Waals surface area contributed by atoms with Crippen molar-refractivity contribution in [1.82, 2.24) is 20.9 Å². The van der Waals surface area contributed by atoms with Gasteiger partial charge in [0.1, 0.15) is 23.7 Å². The molecule has 0 saturated carbocycles. The summed E-state index contributed by atoms with van der Waals surface area (Å²) in [4.78, 5) is 65.8. The highest BCUT2D eigenvalue weighted by molar-refractivity contribution is 5.99. The van der Waals surface area contributed by atoms with Crippen LogP contribution in [0.5, 0.6) is 0 Å². The molecule has 3 unspecified atom stereocenters. The monoisotopic (exact) mass is 552 g/mol. The molecule has 12 heteroatoms. The van der Waals surface area contributed by atoms with Crippen LogP contribution in [0.25, 0.3) is 0 Å². The number of carbonyl (C=O) groups is 5. The van der Waals surface area contributed by atoms with Gasteiger partial charge in [0.2, 0.25) is 29.4 Å². The molecule has 2 fully saturated rings. The van der Waals surface area contributed by atoms with Crippen LogP contribution in [0.4, 0.5) is 13.2 Å². The number of Topliss-reactive ketones (excluding diaryl/α,β-unsaturated/α-hetero) is 1. The Morgan fingerprint density at radius 3 is 2.33 bits per heavy atom. The molecule has 4 amide bonds. The average Bonchev–Trinajstić information content (AvgIpc) is 3.36. The van der Waals surface area contributed by atoms with E-state index in [-0.39, 0.29) is 32.1 Å². The maximum absolute atomic E-state index is 13.6. The van der Waals surface area contributed by atoms with Crippen LogP contribution in [-0.2, 0) is 30.4 Å². The number of amides is 4. The largest absolute Gasteiger partial charge is 0.449 e. The Balaban J connectivity index is 1.76. The molecule has 3 N–H and O–H groups in total. The van der Waals surface area contributed by atoms with Crippen molar-refractivity contribution in [3.8, 4) is 0 Å². The number of nitrogens with one attached hydrogen (secondary N) is 3. The van der Waals surface area contributed by atoms with Crippen molar-refractivity contribution in [2.24, 2.45) is 0 Å². The summed E-state index contributed by atoms with van der Waals surface area (Å²) in [6.45, 7) is 3.29. The number of hydrogen-bond acceptors (Lipinski definition) is 5. The van der Waals surface area contributed by atoms with Gasteiger partial charge in [-0.1, -0.05) is 43.2 Å². The number of carbonyl (C=O) groups excluding carboxylic acids is 5. The van der Waals surface area contributed by atoms with E-state index in [4.69, 9.17) is 0 Å². The summed E-state index contributed by atoms with van der Waals surface area (Å²) in [5.74, 6) is -3.89. The first-order valence-corrected chi connectivity index (χ1v) is 13.2. The predicted molar refractivity (Wildman–Crippen MR) is 135 cm³/mol. The first-order chi connectivity index (χ1) is 18.3. The van der Waals surface area contributed by atoms with Gasteiger partial charge < -0.3 is 20.9 Å². The fourth-order valence-electron chi connectivity index (χ4n) is 4.83. The topological polar surface area (TPSA) is 125 Å². The molecule has 0 spiro atoms. The molecule has 2 aliphatic heterocycles. The van der Waals surface area contributed by atoms with E-state index in [1.807, 2.05) is 30.3 Å². The van der Waals surface area contributed by atoms with Gasteiger partial charge >= 0.3 is 6.18 Å². The van der Waals surface area contributed by atoms with Crippen molar-refractivity contribution in [2.75, 3.05) is 6.54 Å². The highest BCUT2D eigenvalue weighted by Gasteiger charge is 2.42. The average molecular weight is 553 g/mol. The summed E-state index contributed by atoms with van der Waals surface area (Å²) in [7, 11) is 0. The summed E-state index contributed by atoms with van der Waals surface area (Å²) in [5.41, 5.74) is -0.611. The van der Waals surface area contributed by atoms with Crippen LogP contribution in [0.15, 0.2) is 30.3 Å². The van der Waals surface area contributed by atoms with Crippen LogP contribution >= 0.6 is 0 Å². The van der Waals surface area contributed by atoms with Crippen LogP contribution in [0, 0.1) is 0 Å². The standard InChI is InChI=1S/C27H35F3N4O5/c1-26(2)25(39)32-19(16-17-10-5-3-6-11-17)24(38)34-15-9-13-20(34)23(37)31-18(22(36)33-26)12-7-4-8-14-21(35)27(28,29)30/h3,5-6,10-11,18-20H,4,7-9,12-16H2,1-2H3,(H,31,37)(H,32,39)(H,33,36). The Morgan fingerprint density at radius 2 is 1.67 bits per heavy atom. The number of nitrogens with zero attached hydrogens (tertiary/aromatic N) is 1. The fourth-order valence-corrected chi connectivity index (χ4v) is 4.83. The molecule has 3 atom stereocenters. The highest BCUT2D eigenvalue weighted by Crippen LogP contribution is 2.22. The molecule has 214 valence electrons. The molecular weight excluding hydrogens is 517 g/mol. The summed E-state index contributed by atoms with van der Waals surface area (Å²) >= 11 is 0. The smallest absolute Gasteiger partial charge is 0.343 e. The maximum Gasteiger partial charge on any atom is 0.449 e. The summed E-state index contributed by atoms with van der Waals surface area (Å²) in [5, 5.41) is 8.10. The fraction of sp³-hybridized carbons (Fsp3) is 0.593. The third-order valence-corrected chi connectivity index (χ3v) is 7.07. The lowest BCUT2D eigenvalue weighted by molar-refractivity contribution is -0.171. The number of unbranched alkanes of at least 4 members (excludes halogenated alkanes) is 2. The van der Waals surface area contributed by atoms with Crippen molar-refractivity contribution in [3.05, 3.63) is 35.9 Å². The van der Waals surface area contributed by atoms with Gasteiger partial charge in [-0.3, -0.25) is 24.0 Å². The summed E-state index contributed by atoms with van der Waals surface area (Å²) in [6.07, 6.45) is -3.77. The van der Waals surface area contributed by atoms with Crippen LogP contribution in [0.1, 0.15) is 64.4 Å². The molecule has 3 rings (SSSR count). The van der Waals surface area contributed by atoms with Crippen LogP contribution in [-0.4, -0.2) is 70.7 Å². The van der Waals surface area contributed by atoms with Gasteiger partial charge in [0.05, 0.1) is 0 Å². The highest BCUT2D eigenvalue weighted by atomic mass is 19.4. The Kier molecular flexibility index (Phi) is 9.73. The molecular formula is C27H35F3N4O5. The zero-order valence-electron chi connectivity index (χ0n) is 22.1. The number of halogens is 3. The number of hydrogen-bond donors (Lipinski definition) is 3. The summed E-state index contributed by atoms with van der Waals surface area (Å²) in [6, 6.07) is 6.31. The van der Waals surface area contributed by atoms with Crippen LogP contribution < -0.4 is 16.0 Å². The quantitative estimate of drug-likeness (QED) is 0.427. The van der Waals surface area contributed by atoms with Crippen molar-refractivity contribution in [3.63, 3.8) is 0 Å². The first-order valence-electron chi connectivity index (χ1n) is 13.2. The van der Waals surface area contributed by atoms with Gasteiger partial charge in [-0.25, -0.2) is 0 Å². The van der Waals surface area contributed by atoms with E-state index in [1.165, 1.54) is 18.7 Å². The molecule has 1 aromatic carbocycles. The molecule has 1 aromatic rings. The Morgan fingerprint density at radius 1 is 0.974 bits per heavy atom. The van der Waals surface area contributed by atoms with Crippen LogP contribution in [0.2, 0.25) is 0 Å². The number of benzene rings is 1. The van der Waals surface area contributed by atoms with Gasteiger partial charge in [-0.05, 0) is 45.1 Å². The molecule has 0 aliphatic carbocycles. The second kappa shape index (κ2) is 12.6. The predicted octanol–water partition coefficient (Wildman–Crippen LogP) is 2.18. The van der Waals surface area contributed by atoms with Gasteiger partial charge in [-0.2, -0.15) is 13.2 Å². The van der Waals surface area contributed by atoms with Crippen LogP contribution in [0.3, 0.4) is 0 Å². The minimum atomic E-state index is -4.88. The zero-order valence-corrected chi connectivity index (χ0v) is 22.1. The van der Waals surface area contributed by atoms with Gasteiger partial charge in [0.15, 0.2) is 0 Å². The van der Waals surface area contributed by atoms with Gasteiger partial charge in [0.25, 0.3) is 0 Å². The zero-order chi connectivity index (χ0) is 28.8. The third kappa shape index (κ3) is 8.03. The Labute approximate surface area is 225 Å². The molecule has 9 nitrogen and oxygen atoms in total. The van der Waals surface area contributed by atoms with Crippen molar-refractivity contribution in [1.29, 1.82) is 0 Å². The lowest BCUT2D eigenvalue weighted by Crippen LogP contribution is -2.64. The van der Waals surface area contributed by atoms with Crippen molar-refractivity contribution >= 4 is 29.4 Å². The molecule has 2 aliphatic rings. The molecule has 2 heterocycles. The van der Waals surface area contributed by atoms with Crippen molar-refractivity contribution < 1.29 is 37.1 Å². The molecule has 0 aromatic heterocycles. The minimum absolute atomic E-state index is 0.0117. The van der Waals surface area contributed by atoms with E-state index < -0.39 is 65.7 Å². The number of fused-ring (bicyclic) bond motifs is 1. The third-order valence-electron chi connectivity index (χ3n) is 7.07. The molecule has 2 saturated heterocycles. The molecule has 39 heavy (non-hydrogen) atoms. The second-order valence-corrected chi connectivity index (χ2v) is 10.6. The van der Waals surface area contributed by atoms with Crippen molar-refractivity contribution in [2.45, 2.75) is 95.1 Å². The summed E-state index contributed by atoms with van der Waals surface area (Å²) < 4.78 is 37.3. The minimum Gasteiger partial charge on any atom is -0.343 e. The maximum atomic E-state index is 13.6. The number of alkyl halides is 3. The van der Waals surface area contributed by atoms with E-state index in [2.05, 4.69) is 16.0 Å². The van der Waals surface area contributed by atoms with Gasteiger partial charge in [-0.15, -0.1) is 0 Å². The lowest BCUT2D eigenvalue weighted by atomic mass is 9.98. The first kappa shape index (κ1) is 30.1. The van der Waals surface area contributed by atoms with E-state index in [1.54, 1.807) is 0 Å². The molecule has 0 radical (unpaired) electrons. The normalized spacial score (nSPS) is 24.1. The Hall–Kier alpha value is -3.44. The Bertz CT molecular complexity index is 1080. The van der Waals surface area contributed by atoms with E-state index >= 15 is 0 Å². The van der Waals surface area contributed by atoms with E-state index in [0.29, 0.717) is 19.4 Å². The number of ketones is 1. The second-order valence-electron chi connectivity index (χ2n) is 10.6. The SMILES string of the molecule is CC1(C)NC(=O)C(CCCCCC(=O)C(F)(F)F)NC(=O)C2CCCN2C(=O)C(Cc2ccccc2)NC1=O. The van der Waals surface area contributed by atoms with E-state index in [0.717, 1.165) is 5.56 Å².